The zero-order valence-corrected chi connectivity index (χ0v) is 16.3. The molecule has 0 aliphatic rings. The predicted molar refractivity (Wildman–Crippen MR) is 111 cm³/mol. The van der Waals surface area contributed by atoms with Crippen LogP contribution in [-0.4, -0.2) is 12.9 Å². The Bertz CT molecular complexity index is 1130. The van der Waals surface area contributed by atoms with Gasteiger partial charge in [-0.25, -0.2) is 0 Å². The van der Waals surface area contributed by atoms with E-state index in [0.29, 0.717) is 17.7 Å². The monoisotopic (exact) mass is 370 g/mol. The standard InChI is InChI=1S/C25H22O3/c1-16-12-17(2)14-19(13-16)24(26)25-22(21-6-4-5-7-23(21)28-25)15-18-8-10-20(27-3)11-9-18/h4-14H,15H2,1-3H3. The highest BCUT2D eigenvalue weighted by Gasteiger charge is 2.22. The van der Waals surface area contributed by atoms with Crippen LogP contribution in [0.5, 0.6) is 5.75 Å². The van der Waals surface area contributed by atoms with E-state index in [1.807, 2.05) is 74.5 Å². The third kappa shape index (κ3) is 3.44. The fraction of sp³-hybridized carbons (Fsp3) is 0.160. The highest BCUT2D eigenvalue weighted by molar-refractivity contribution is 6.10. The second kappa shape index (κ2) is 7.35. The van der Waals surface area contributed by atoms with Gasteiger partial charge in [0.1, 0.15) is 11.3 Å². The maximum absolute atomic E-state index is 13.3. The molecule has 0 N–H and O–H groups in total. The molecule has 4 rings (SSSR count). The van der Waals surface area contributed by atoms with Gasteiger partial charge in [-0.2, -0.15) is 0 Å². The lowest BCUT2D eigenvalue weighted by Crippen LogP contribution is -2.05. The minimum absolute atomic E-state index is 0.0773. The number of benzene rings is 3. The Hall–Kier alpha value is -3.33. The summed E-state index contributed by atoms with van der Waals surface area (Å²) in [6, 6.07) is 21.6. The Kier molecular flexibility index (Phi) is 4.74. The third-order valence-corrected chi connectivity index (χ3v) is 4.93. The lowest BCUT2D eigenvalue weighted by Gasteiger charge is -2.06. The zero-order valence-electron chi connectivity index (χ0n) is 16.3. The van der Waals surface area contributed by atoms with E-state index in [2.05, 4.69) is 6.07 Å². The van der Waals surface area contributed by atoms with E-state index in [1.54, 1.807) is 7.11 Å². The molecular weight excluding hydrogens is 348 g/mol. The van der Waals surface area contributed by atoms with Gasteiger partial charge in [0, 0.05) is 22.9 Å². The van der Waals surface area contributed by atoms with Gasteiger partial charge in [0.2, 0.25) is 5.78 Å². The van der Waals surface area contributed by atoms with Crippen LogP contribution in [0.15, 0.2) is 71.1 Å². The maximum Gasteiger partial charge on any atom is 0.228 e. The minimum atomic E-state index is -0.0773. The first-order valence-electron chi connectivity index (χ1n) is 9.31. The van der Waals surface area contributed by atoms with Crippen molar-refractivity contribution in [2.45, 2.75) is 20.3 Å². The molecule has 0 amide bonds. The summed E-state index contributed by atoms with van der Waals surface area (Å²) in [4.78, 5) is 13.3. The van der Waals surface area contributed by atoms with Gasteiger partial charge in [0.05, 0.1) is 7.11 Å². The summed E-state index contributed by atoms with van der Waals surface area (Å²) in [5.74, 6) is 1.15. The van der Waals surface area contributed by atoms with E-state index in [4.69, 9.17) is 9.15 Å². The first kappa shape index (κ1) is 18.1. The smallest absolute Gasteiger partial charge is 0.228 e. The van der Waals surface area contributed by atoms with Gasteiger partial charge in [-0.3, -0.25) is 4.79 Å². The molecule has 3 heteroatoms. The number of hydrogen-bond acceptors (Lipinski definition) is 3. The van der Waals surface area contributed by atoms with Crippen LogP contribution in [0.1, 0.15) is 38.4 Å². The Labute approximate surface area is 164 Å². The molecule has 0 spiro atoms. The van der Waals surface area contributed by atoms with E-state index < -0.39 is 0 Å². The van der Waals surface area contributed by atoms with E-state index in [-0.39, 0.29) is 5.78 Å². The molecule has 0 radical (unpaired) electrons. The number of ketones is 1. The van der Waals surface area contributed by atoms with Gasteiger partial charge in [-0.1, -0.05) is 47.5 Å². The number of rotatable bonds is 5. The van der Waals surface area contributed by atoms with Crippen molar-refractivity contribution in [1.29, 1.82) is 0 Å². The molecule has 3 aromatic carbocycles. The van der Waals surface area contributed by atoms with E-state index >= 15 is 0 Å². The quantitative estimate of drug-likeness (QED) is 0.412. The summed E-state index contributed by atoms with van der Waals surface area (Å²) < 4.78 is 11.3. The average Bonchev–Trinajstić information content (AvgIpc) is 3.06. The molecular formula is C25H22O3. The van der Waals surface area contributed by atoms with Crippen LogP contribution in [0.2, 0.25) is 0 Å². The number of carbonyl (C=O) groups is 1. The average molecular weight is 370 g/mol. The molecule has 1 aromatic heterocycles. The maximum atomic E-state index is 13.3. The van der Waals surface area contributed by atoms with E-state index in [1.165, 1.54) is 0 Å². The van der Waals surface area contributed by atoms with Crippen LogP contribution in [0.3, 0.4) is 0 Å². The van der Waals surface area contributed by atoms with Crippen LogP contribution in [0.4, 0.5) is 0 Å². The van der Waals surface area contributed by atoms with Crippen molar-refractivity contribution < 1.29 is 13.9 Å². The van der Waals surface area contributed by atoms with Gasteiger partial charge < -0.3 is 9.15 Å². The molecule has 28 heavy (non-hydrogen) atoms. The molecule has 0 aliphatic carbocycles. The van der Waals surface area contributed by atoms with Crippen LogP contribution < -0.4 is 4.74 Å². The summed E-state index contributed by atoms with van der Waals surface area (Å²) >= 11 is 0. The number of para-hydroxylation sites is 1. The summed E-state index contributed by atoms with van der Waals surface area (Å²) in [6.45, 7) is 4.00. The third-order valence-electron chi connectivity index (χ3n) is 4.93. The fourth-order valence-corrected chi connectivity index (χ4v) is 3.64. The molecule has 0 aliphatic heterocycles. The Morgan fingerprint density at radius 1 is 0.929 bits per heavy atom. The minimum Gasteiger partial charge on any atom is -0.497 e. The second-order valence-electron chi connectivity index (χ2n) is 7.14. The number of aryl methyl sites for hydroxylation is 2. The summed E-state index contributed by atoms with van der Waals surface area (Å²) in [7, 11) is 1.65. The number of hydrogen-bond donors (Lipinski definition) is 0. The zero-order chi connectivity index (χ0) is 19.7. The number of methoxy groups -OCH3 is 1. The van der Waals surface area contributed by atoms with Crippen molar-refractivity contribution in [2.24, 2.45) is 0 Å². The first-order chi connectivity index (χ1) is 13.5. The molecule has 0 saturated heterocycles. The highest BCUT2D eigenvalue weighted by atomic mass is 16.5. The first-order valence-corrected chi connectivity index (χ1v) is 9.31. The molecule has 0 unspecified atom stereocenters. The lowest BCUT2D eigenvalue weighted by molar-refractivity contribution is 0.101. The topological polar surface area (TPSA) is 39.4 Å². The molecule has 1 heterocycles. The fourth-order valence-electron chi connectivity index (χ4n) is 3.64. The van der Waals surface area contributed by atoms with Gasteiger partial charge in [0.25, 0.3) is 0 Å². The molecule has 140 valence electrons. The van der Waals surface area contributed by atoms with Gasteiger partial charge >= 0.3 is 0 Å². The highest BCUT2D eigenvalue weighted by Crippen LogP contribution is 2.30. The Morgan fingerprint density at radius 3 is 2.29 bits per heavy atom. The number of fused-ring (bicyclic) bond motifs is 1. The van der Waals surface area contributed by atoms with Crippen LogP contribution in [0.25, 0.3) is 11.0 Å². The largest absolute Gasteiger partial charge is 0.497 e. The van der Waals surface area contributed by atoms with E-state index in [0.717, 1.165) is 39.0 Å². The number of furan rings is 1. The summed E-state index contributed by atoms with van der Waals surface area (Å²) in [6.07, 6.45) is 0.618. The molecule has 0 fully saturated rings. The second-order valence-corrected chi connectivity index (χ2v) is 7.14. The molecule has 0 bridgehead atoms. The van der Waals surface area contributed by atoms with Crippen molar-refractivity contribution in [3.8, 4) is 5.75 Å². The lowest BCUT2D eigenvalue weighted by atomic mass is 9.96. The molecule has 0 atom stereocenters. The Morgan fingerprint density at radius 2 is 1.61 bits per heavy atom. The van der Waals surface area contributed by atoms with Gasteiger partial charge in [-0.05, 0) is 49.7 Å². The van der Waals surface area contributed by atoms with Crippen LogP contribution >= 0.6 is 0 Å². The van der Waals surface area contributed by atoms with Crippen LogP contribution in [0, 0.1) is 13.8 Å². The number of carbonyl (C=O) groups excluding carboxylic acids is 1. The number of ether oxygens (including phenoxy) is 1. The van der Waals surface area contributed by atoms with Crippen LogP contribution in [-0.2, 0) is 6.42 Å². The van der Waals surface area contributed by atoms with Crippen molar-refractivity contribution in [2.75, 3.05) is 7.11 Å². The van der Waals surface area contributed by atoms with Crippen molar-refractivity contribution >= 4 is 16.8 Å². The van der Waals surface area contributed by atoms with E-state index in [9.17, 15) is 4.79 Å². The van der Waals surface area contributed by atoms with Gasteiger partial charge in [0.15, 0.2) is 5.76 Å². The van der Waals surface area contributed by atoms with Crippen molar-refractivity contribution in [3.63, 3.8) is 0 Å². The summed E-state index contributed by atoms with van der Waals surface area (Å²) in [5.41, 5.74) is 5.55. The molecule has 4 aromatic rings. The van der Waals surface area contributed by atoms with Crippen molar-refractivity contribution in [1.82, 2.24) is 0 Å². The predicted octanol–water partition coefficient (Wildman–Crippen LogP) is 5.88. The molecule has 3 nitrogen and oxygen atoms in total. The SMILES string of the molecule is COc1ccc(Cc2c(C(=O)c3cc(C)cc(C)c3)oc3ccccc23)cc1. The summed E-state index contributed by atoms with van der Waals surface area (Å²) in [5, 5.41) is 0.978. The molecule has 0 saturated carbocycles. The normalized spacial score (nSPS) is 11.0. The van der Waals surface area contributed by atoms with Crippen molar-refractivity contribution in [3.05, 3.63) is 100 Å². The Balaban J connectivity index is 1.81. The van der Waals surface area contributed by atoms with Gasteiger partial charge in [-0.15, -0.1) is 0 Å².